The van der Waals surface area contributed by atoms with Gasteiger partial charge < -0.3 is 9.64 Å². The van der Waals surface area contributed by atoms with Crippen molar-refractivity contribution in [1.29, 1.82) is 0 Å². The van der Waals surface area contributed by atoms with E-state index < -0.39 is 10.0 Å². The van der Waals surface area contributed by atoms with Gasteiger partial charge in [0.25, 0.3) is 10.0 Å². The Kier molecular flexibility index (Phi) is 7.43. The molecule has 0 atom stereocenters. The molecular weight excluding hydrogens is 448 g/mol. The fourth-order valence-electron chi connectivity index (χ4n) is 3.10. The molecule has 32 heavy (non-hydrogen) atoms. The minimum absolute atomic E-state index is 0.0576. The Morgan fingerprint density at radius 3 is 2.09 bits per heavy atom. The van der Waals surface area contributed by atoms with E-state index in [1.54, 1.807) is 43.4 Å². The summed E-state index contributed by atoms with van der Waals surface area (Å²) in [4.78, 5) is 14.6. The molecule has 0 aromatic heterocycles. The molecule has 0 bridgehead atoms. The van der Waals surface area contributed by atoms with Crippen LogP contribution < -0.4 is 9.04 Å². The van der Waals surface area contributed by atoms with Crippen LogP contribution >= 0.6 is 11.6 Å². The average molecular weight is 473 g/mol. The number of ether oxygens (including phenoxy) is 1. The minimum atomic E-state index is -4.01. The summed E-state index contributed by atoms with van der Waals surface area (Å²) in [6.07, 6.45) is 0. The molecule has 3 rings (SSSR count). The van der Waals surface area contributed by atoms with Gasteiger partial charge in [0, 0.05) is 18.6 Å². The summed E-state index contributed by atoms with van der Waals surface area (Å²) in [6.45, 7) is 2.02. The second kappa shape index (κ2) is 10.1. The highest BCUT2D eigenvalue weighted by Gasteiger charge is 2.28. The number of carbonyl (C=O) groups is 1. The van der Waals surface area contributed by atoms with Gasteiger partial charge >= 0.3 is 0 Å². The Bertz CT molecular complexity index is 1160. The zero-order chi connectivity index (χ0) is 23.3. The molecule has 0 saturated carbocycles. The maximum absolute atomic E-state index is 13.5. The number of amides is 1. The SMILES string of the molecule is COc1ccc(S(=O)(=O)N(CC(=O)N(C)Cc2ccc(C)cc2)c2ccc(Cl)cc2)cc1. The van der Waals surface area contributed by atoms with Crippen LogP contribution in [0.15, 0.2) is 77.7 Å². The maximum atomic E-state index is 13.5. The fourth-order valence-corrected chi connectivity index (χ4v) is 4.64. The first-order valence-corrected chi connectivity index (χ1v) is 11.7. The summed E-state index contributed by atoms with van der Waals surface area (Å²) in [5.74, 6) is 0.202. The first-order chi connectivity index (χ1) is 15.2. The van der Waals surface area contributed by atoms with E-state index in [9.17, 15) is 13.2 Å². The molecule has 6 nitrogen and oxygen atoms in total. The molecule has 0 spiro atoms. The van der Waals surface area contributed by atoms with Crippen LogP contribution in [-0.4, -0.2) is 39.9 Å². The highest BCUT2D eigenvalue weighted by molar-refractivity contribution is 7.92. The standard InChI is InChI=1S/C24H25ClN2O4S/c1-18-4-6-19(7-5-18)16-26(2)24(28)17-27(21-10-8-20(25)9-11-21)32(29,30)23-14-12-22(31-3)13-15-23/h4-15H,16-17H2,1-3H3. The van der Waals surface area contributed by atoms with Crippen molar-refractivity contribution in [3.8, 4) is 5.75 Å². The van der Waals surface area contributed by atoms with Crippen LogP contribution in [0, 0.1) is 6.92 Å². The normalized spacial score (nSPS) is 11.1. The second-order valence-electron chi connectivity index (χ2n) is 7.40. The molecule has 0 saturated heterocycles. The largest absolute Gasteiger partial charge is 0.497 e. The van der Waals surface area contributed by atoms with Crippen LogP contribution in [-0.2, 0) is 21.4 Å². The van der Waals surface area contributed by atoms with Gasteiger partial charge in [-0.05, 0) is 61.0 Å². The Balaban J connectivity index is 1.89. The number of methoxy groups -OCH3 is 1. The summed E-state index contributed by atoms with van der Waals surface area (Å²) in [6, 6.07) is 20.2. The first kappa shape index (κ1) is 23.6. The molecule has 168 valence electrons. The van der Waals surface area contributed by atoms with E-state index in [1.807, 2.05) is 31.2 Å². The highest BCUT2D eigenvalue weighted by atomic mass is 35.5. The van der Waals surface area contributed by atoms with Gasteiger partial charge in [-0.3, -0.25) is 9.10 Å². The molecule has 0 aliphatic rings. The zero-order valence-electron chi connectivity index (χ0n) is 18.2. The third kappa shape index (κ3) is 5.60. The zero-order valence-corrected chi connectivity index (χ0v) is 19.7. The van der Waals surface area contributed by atoms with E-state index in [-0.39, 0.29) is 17.3 Å². The van der Waals surface area contributed by atoms with E-state index in [2.05, 4.69) is 0 Å². The number of nitrogens with zero attached hydrogens (tertiary/aromatic N) is 2. The number of anilines is 1. The molecule has 0 aliphatic heterocycles. The topological polar surface area (TPSA) is 66.9 Å². The molecule has 1 amide bonds. The predicted molar refractivity (Wildman–Crippen MR) is 127 cm³/mol. The minimum Gasteiger partial charge on any atom is -0.497 e. The number of sulfonamides is 1. The Labute approximate surface area is 194 Å². The van der Waals surface area contributed by atoms with Gasteiger partial charge in [-0.1, -0.05) is 41.4 Å². The summed E-state index contributed by atoms with van der Waals surface area (Å²) in [7, 11) is -0.851. The Hall–Kier alpha value is -3.03. The van der Waals surface area contributed by atoms with Gasteiger partial charge in [0.05, 0.1) is 17.7 Å². The van der Waals surface area contributed by atoms with Gasteiger partial charge in [-0.25, -0.2) is 8.42 Å². The van der Waals surface area contributed by atoms with Crippen molar-refractivity contribution in [2.45, 2.75) is 18.4 Å². The van der Waals surface area contributed by atoms with Gasteiger partial charge in [0.15, 0.2) is 0 Å². The van der Waals surface area contributed by atoms with Crippen molar-refractivity contribution in [2.24, 2.45) is 0 Å². The van der Waals surface area contributed by atoms with Gasteiger partial charge in [0.1, 0.15) is 12.3 Å². The van der Waals surface area contributed by atoms with Crippen molar-refractivity contribution >= 4 is 33.2 Å². The molecule has 0 N–H and O–H groups in total. The molecule has 0 heterocycles. The fraction of sp³-hybridized carbons (Fsp3) is 0.208. The molecule has 0 radical (unpaired) electrons. The van der Waals surface area contributed by atoms with Crippen molar-refractivity contribution in [2.75, 3.05) is 25.0 Å². The van der Waals surface area contributed by atoms with E-state index in [0.717, 1.165) is 15.4 Å². The number of carbonyl (C=O) groups excluding carboxylic acids is 1. The predicted octanol–water partition coefficient (Wildman–Crippen LogP) is 4.51. The summed E-state index contributed by atoms with van der Waals surface area (Å²) >= 11 is 5.98. The molecule has 0 unspecified atom stereocenters. The monoisotopic (exact) mass is 472 g/mol. The molecule has 8 heteroatoms. The molecule has 0 fully saturated rings. The number of rotatable bonds is 8. The number of hydrogen-bond acceptors (Lipinski definition) is 4. The van der Waals surface area contributed by atoms with Crippen molar-refractivity contribution in [3.05, 3.63) is 88.9 Å². The Morgan fingerprint density at radius 2 is 1.53 bits per heavy atom. The summed E-state index contributed by atoms with van der Waals surface area (Å²) in [5.41, 5.74) is 2.44. The third-order valence-corrected chi connectivity index (χ3v) is 7.05. The van der Waals surface area contributed by atoms with Crippen molar-refractivity contribution in [1.82, 2.24) is 4.90 Å². The van der Waals surface area contributed by atoms with Crippen LogP contribution in [0.25, 0.3) is 0 Å². The van der Waals surface area contributed by atoms with Gasteiger partial charge in [-0.2, -0.15) is 0 Å². The van der Waals surface area contributed by atoms with Gasteiger partial charge in [0.2, 0.25) is 5.91 Å². The van der Waals surface area contributed by atoms with Crippen LogP contribution in [0.5, 0.6) is 5.75 Å². The van der Waals surface area contributed by atoms with E-state index >= 15 is 0 Å². The molecular formula is C24H25ClN2O4S. The number of halogens is 1. The molecule has 3 aromatic rings. The second-order valence-corrected chi connectivity index (χ2v) is 9.70. The number of hydrogen-bond donors (Lipinski definition) is 0. The average Bonchev–Trinajstić information content (AvgIpc) is 2.79. The maximum Gasteiger partial charge on any atom is 0.264 e. The number of likely N-dealkylation sites (N-methyl/N-ethyl adjacent to an activating group) is 1. The van der Waals surface area contributed by atoms with Crippen LogP contribution in [0.3, 0.4) is 0 Å². The smallest absolute Gasteiger partial charge is 0.264 e. The van der Waals surface area contributed by atoms with Gasteiger partial charge in [-0.15, -0.1) is 0 Å². The third-order valence-electron chi connectivity index (χ3n) is 5.01. The number of aryl methyl sites for hydroxylation is 1. The van der Waals surface area contributed by atoms with Crippen LogP contribution in [0.4, 0.5) is 5.69 Å². The van der Waals surface area contributed by atoms with E-state index in [0.29, 0.717) is 23.0 Å². The summed E-state index contributed by atoms with van der Waals surface area (Å²) in [5, 5.41) is 0.471. The van der Waals surface area contributed by atoms with E-state index in [1.165, 1.54) is 24.1 Å². The quantitative estimate of drug-likeness (QED) is 0.483. The lowest BCUT2D eigenvalue weighted by atomic mass is 10.1. The Morgan fingerprint density at radius 1 is 0.938 bits per heavy atom. The summed E-state index contributed by atoms with van der Waals surface area (Å²) < 4.78 is 33.1. The van der Waals surface area contributed by atoms with Crippen molar-refractivity contribution in [3.63, 3.8) is 0 Å². The van der Waals surface area contributed by atoms with Crippen LogP contribution in [0.1, 0.15) is 11.1 Å². The lowest BCUT2D eigenvalue weighted by Crippen LogP contribution is -2.41. The lowest BCUT2D eigenvalue weighted by molar-refractivity contribution is -0.128. The number of benzene rings is 3. The highest BCUT2D eigenvalue weighted by Crippen LogP contribution is 2.26. The molecule has 0 aliphatic carbocycles. The van der Waals surface area contributed by atoms with Crippen molar-refractivity contribution < 1.29 is 17.9 Å². The molecule has 3 aromatic carbocycles. The van der Waals surface area contributed by atoms with Crippen LogP contribution in [0.2, 0.25) is 5.02 Å². The van der Waals surface area contributed by atoms with E-state index in [4.69, 9.17) is 16.3 Å². The lowest BCUT2D eigenvalue weighted by Gasteiger charge is -2.27. The first-order valence-electron chi connectivity index (χ1n) is 9.92.